The third kappa shape index (κ3) is 3.81. The number of hydrogen-bond donors (Lipinski definition) is 1. The van der Waals surface area contributed by atoms with Crippen LogP contribution in [0.15, 0.2) is 55.1 Å². The minimum Gasteiger partial charge on any atom is -0.497 e. The van der Waals surface area contributed by atoms with Crippen LogP contribution in [0.4, 0.5) is 0 Å². The molecule has 0 aliphatic carbocycles. The van der Waals surface area contributed by atoms with Crippen molar-refractivity contribution in [1.82, 2.24) is 9.88 Å². The molecular formula is C22H24N2O4. The number of amides is 1. The molecule has 1 heterocycles. The Labute approximate surface area is 164 Å². The standard InChI is InChI=1S/C22H24N2O4/c1-5-11-24(14-16-7-6-8-20(27-3)21(16)28-4)22(25)19-12-15-9-10-17(26-2)13-18(15)23-19/h5-10,12-13,23H,1,11,14H2,2-4H3. The van der Waals surface area contributed by atoms with Crippen LogP contribution in [0.5, 0.6) is 17.2 Å². The molecule has 0 atom stereocenters. The maximum absolute atomic E-state index is 13.2. The molecule has 0 saturated heterocycles. The number of H-pyrrole nitrogens is 1. The Morgan fingerprint density at radius 1 is 1.11 bits per heavy atom. The molecule has 0 aliphatic heterocycles. The molecule has 2 aromatic carbocycles. The zero-order chi connectivity index (χ0) is 20.1. The monoisotopic (exact) mass is 380 g/mol. The van der Waals surface area contributed by atoms with E-state index in [0.717, 1.165) is 22.2 Å². The molecule has 0 fully saturated rings. The normalized spacial score (nSPS) is 10.5. The van der Waals surface area contributed by atoms with Crippen LogP contribution < -0.4 is 14.2 Å². The molecule has 1 aromatic heterocycles. The number of nitrogens with zero attached hydrogens (tertiary/aromatic N) is 1. The van der Waals surface area contributed by atoms with E-state index in [2.05, 4.69) is 11.6 Å². The number of methoxy groups -OCH3 is 3. The third-order valence-corrected chi connectivity index (χ3v) is 4.54. The van der Waals surface area contributed by atoms with E-state index in [1.54, 1.807) is 32.3 Å². The van der Waals surface area contributed by atoms with E-state index in [9.17, 15) is 4.79 Å². The summed E-state index contributed by atoms with van der Waals surface area (Å²) in [5.74, 6) is 1.86. The third-order valence-electron chi connectivity index (χ3n) is 4.54. The van der Waals surface area contributed by atoms with Gasteiger partial charge in [-0.1, -0.05) is 18.2 Å². The topological polar surface area (TPSA) is 63.8 Å². The predicted molar refractivity (Wildman–Crippen MR) is 109 cm³/mol. The smallest absolute Gasteiger partial charge is 0.270 e. The van der Waals surface area contributed by atoms with Crippen molar-refractivity contribution >= 4 is 16.8 Å². The van der Waals surface area contributed by atoms with Crippen molar-refractivity contribution < 1.29 is 19.0 Å². The number of ether oxygens (including phenoxy) is 3. The first kappa shape index (κ1) is 19.4. The lowest BCUT2D eigenvalue weighted by Gasteiger charge is -2.22. The highest BCUT2D eigenvalue weighted by Gasteiger charge is 2.20. The van der Waals surface area contributed by atoms with Crippen LogP contribution in [-0.4, -0.2) is 43.7 Å². The van der Waals surface area contributed by atoms with Crippen LogP contribution in [0.1, 0.15) is 16.1 Å². The Hall–Kier alpha value is -3.41. The van der Waals surface area contributed by atoms with Crippen LogP contribution in [0.25, 0.3) is 10.9 Å². The quantitative estimate of drug-likeness (QED) is 0.600. The van der Waals surface area contributed by atoms with Gasteiger partial charge in [-0.25, -0.2) is 0 Å². The molecule has 3 rings (SSSR count). The Kier molecular flexibility index (Phi) is 5.89. The number of hydrogen-bond acceptors (Lipinski definition) is 4. The van der Waals surface area contributed by atoms with Gasteiger partial charge in [-0.05, 0) is 24.3 Å². The molecule has 0 bridgehead atoms. The minimum atomic E-state index is -0.125. The number of aromatic amines is 1. The lowest BCUT2D eigenvalue weighted by molar-refractivity contribution is 0.0756. The van der Waals surface area contributed by atoms with E-state index in [4.69, 9.17) is 14.2 Å². The number of benzene rings is 2. The fraction of sp³-hybridized carbons (Fsp3) is 0.227. The van der Waals surface area contributed by atoms with E-state index in [-0.39, 0.29) is 5.91 Å². The molecule has 146 valence electrons. The fourth-order valence-electron chi connectivity index (χ4n) is 3.18. The summed E-state index contributed by atoms with van der Waals surface area (Å²) in [6.45, 7) is 4.55. The average Bonchev–Trinajstić information content (AvgIpc) is 3.15. The van der Waals surface area contributed by atoms with Crippen molar-refractivity contribution in [1.29, 1.82) is 0 Å². The van der Waals surface area contributed by atoms with Crippen LogP contribution in [-0.2, 0) is 6.54 Å². The molecule has 0 spiro atoms. The van der Waals surface area contributed by atoms with E-state index in [1.807, 2.05) is 42.5 Å². The molecule has 0 radical (unpaired) electrons. The molecule has 0 saturated carbocycles. The van der Waals surface area contributed by atoms with E-state index in [1.165, 1.54) is 0 Å². The number of carbonyl (C=O) groups is 1. The van der Waals surface area contributed by atoms with Crippen LogP contribution in [0.2, 0.25) is 0 Å². The summed E-state index contributed by atoms with van der Waals surface area (Å²) >= 11 is 0. The predicted octanol–water partition coefficient (Wildman–Crippen LogP) is 4.02. The van der Waals surface area contributed by atoms with Gasteiger partial charge in [0.25, 0.3) is 5.91 Å². The Bertz CT molecular complexity index is 993. The van der Waals surface area contributed by atoms with Gasteiger partial charge in [-0.15, -0.1) is 6.58 Å². The Morgan fingerprint density at radius 3 is 2.61 bits per heavy atom. The summed E-state index contributed by atoms with van der Waals surface area (Å²) in [7, 11) is 4.79. The van der Waals surface area contributed by atoms with E-state index < -0.39 is 0 Å². The maximum Gasteiger partial charge on any atom is 0.270 e. The van der Waals surface area contributed by atoms with Crippen molar-refractivity contribution in [2.45, 2.75) is 6.54 Å². The van der Waals surface area contributed by atoms with Gasteiger partial charge in [0.2, 0.25) is 0 Å². The highest BCUT2D eigenvalue weighted by atomic mass is 16.5. The lowest BCUT2D eigenvalue weighted by atomic mass is 10.1. The van der Waals surface area contributed by atoms with Gasteiger partial charge >= 0.3 is 0 Å². The minimum absolute atomic E-state index is 0.125. The number of para-hydroxylation sites is 1. The maximum atomic E-state index is 13.2. The SMILES string of the molecule is C=CCN(Cc1cccc(OC)c1OC)C(=O)c1cc2ccc(OC)cc2[nH]1. The molecule has 6 heteroatoms. The van der Waals surface area contributed by atoms with Crippen molar-refractivity contribution in [2.24, 2.45) is 0 Å². The molecule has 28 heavy (non-hydrogen) atoms. The largest absolute Gasteiger partial charge is 0.497 e. The number of aromatic nitrogens is 1. The van der Waals surface area contributed by atoms with Gasteiger partial charge in [0, 0.05) is 29.1 Å². The molecule has 0 unspecified atom stereocenters. The van der Waals surface area contributed by atoms with Crippen molar-refractivity contribution in [3.8, 4) is 17.2 Å². The second-order valence-corrected chi connectivity index (χ2v) is 6.26. The molecule has 0 aliphatic rings. The summed E-state index contributed by atoms with van der Waals surface area (Å²) in [6.07, 6.45) is 1.70. The Balaban J connectivity index is 1.92. The average molecular weight is 380 g/mol. The van der Waals surface area contributed by atoms with Gasteiger partial charge in [0.15, 0.2) is 11.5 Å². The van der Waals surface area contributed by atoms with Crippen molar-refractivity contribution in [3.05, 3.63) is 66.4 Å². The van der Waals surface area contributed by atoms with Crippen LogP contribution in [0.3, 0.4) is 0 Å². The molecule has 1 amide bonds. The van der Waals surface area contributed by atoms with Crippen LogP contribution >= 0.6 is 0 Å². The number of fused-ring (bicyclic) bond motifs is 1. The van der Waals surface area contributed by atoms with E-state index in [0.29, 0.717) is 30.3 Å². The fourth-order valence-corrected chi connectivity index (χ4v) is 3.18. The highest BCUT2D eigenvalue weighted by Crippen LogP contribution is 2.32. The summed E-state index contributed by atoms with van der Waals surface area (Å²) in [5, 5.41) is 0.946. The van der Waals surface area contributed by atoms with Gasteiger partial charge in [0.1, 0.15) is 11.4 Å². The summed E-state index contributed by atoms with van der Waals surface area (Å²) in [4.78, 5) is 18.0. The van der Waals surface area contributed by atoms with Gasteiger partial charge < -0.3 is 24.1 Å². The Morgan fingerprint density at radius 2 is 1.93 bits per heavy atom. The summed E-state index contributed by atoms with van der Waals surface area (Å²) < 4.78 is 16.1. The number of nitrogens with one attached hydrogen (secondary N) is 1. The van der Waals surface area contributed by atoms with Gasteiger partial charge in [-0.3, -0.25) is 4.79 Å². The number of carbonyl (C=O) groups excluding carboxylic acids is 1. The van der Waals surface area contributed by atoms with E-state index >= 15 is 0 Å². The first-order valence-corrected chi connectivity index (χ1v) is 8.88. The van der Waals surface area contributed by atoms with Gasteiger partial charge in [0.05, 0.1) is 27.9 Å². The van der Waals surface area contributed by atoms with Gasteiger partial charge in [-0.2, -0.15) is 0 Å². The molecule has 6 nitrogen and oxygen atoms in total. The highest BCUT2D eigenvalue weighted by molar-refractivity contribution is 5.98. The van der Waals surface area contributed by atoms with Crippen molar-refractivity contribution in [2.75, 3.05) is 27.9 Å². The molecular weight excluding hydrogens is 356 g/mol. The summed E-state index contributed by atoms with van der Waals surface area (Å²) in [6, 6.07) is 13.1. The molecule has 3 aromatic rings. The number of rotatable bonds is 8. The zero-order valence-electron chi connectivity index (χ0n) is 16.3. The first-order chi connectivity index (χ1) is 13.6. The second kappa shape index (κ2) is 8.52. The zero-order valence-corrected chi connectivity index (χ0v) is 16.3. The second-order valence-electron chi connectivity index (χ2n) is 6.26. The summed E-state index contributed by atoms with van der Waals surface area (Å²) in [5.41, 5.74) is 2.21. The first-order valence-electron chi connectivity index (χ1n) is 8.88. The van der Waals surface area contributed by atoms with Crippen molar-refractivity contribution in [3.63, 3.8) is 0 Å². The van der Waals surface area contributed by atoms with Crippen LogP contribution in [0, 0.1) is 0 Å². The lowest BCUT2D eigenvalue weighted by Crippen LogP contribution is -2.31. The molecule has 1 N–H and O–H groups in total.